The number of benzene rings is 1. The minimum Gasteiger partial charge on any atom is -0.419 e. The van der Waals surface area contributed by atoms with Crippen LogP contribution in [0.5, 0.6) is 0 Å². The molecule has 4 nitrogen and oxygen atoms in total. The Hall–Kier alpha value is -2.10. The summed E-state index contributed by atoms with van der Waals surface area (Å²) >= 11 is 0. The lowest BCUT2D eigenvalue weighted by atomic mass is 10.2. The molecule has 1 aromatic rings. The van der Waals surface area contributed by atoms with E-state index in [4.69, 9.17) is 9.47 Å². The number of aryl methyl sites for hydroxylation is 2. The van der Waals surface area contributed by atoms with Crippen LogP contribution in [0.3, 0.4) is 0 Å². The summed E-state index contributed by atoms with van der Waals surface area (Å²) in [5.41, 5.74) is 2.45. The third kappa shape index (κ3) is 9.41. The smallest absolute Gasteiger partial charge is 0.348 e. The second kappa shape index (κ2) is 15.0. The average Bonchev–Trinajstić information content (AvgIpc) is 3.15. The third-order valence-electron chi connectivity index (χ3n) is 3.63. The van der Waals surface area contributed by atoms with E-state index >= 15 is 0 Å². The van der Waals surface area contributed by atoms with Gasteiger partial charge < -0.3 is 9.47 Å². The van der Waals surface area contributed by atoms with Crippen molar-refractivity contribution in [3.63, 3.8) is 0 Å². The van der Waals surface area contributed by atoms with Crippen LogP contribution >= 0.6 is 0 Å². The van der Waals surface area contributed by atoms with Gasteiger partial charge in [-0.05, 0) is 26.7 Å². The van der Waals surface area contributed by atoms with E-state index in [0.717, 1.165) is 12.8 Å². The fourth-order valence-corrected chi connectivity index (χ4v) is 2.32. The summed E-state index contributed by atoms with van der Waals surface area (Å²) in [6.45, 7) is 19.5. The molecule has 1 heterocycles. The van der Waals surface area contributed by atoms with Crippen LogP contribution in [0.25, 0.3) is 0 Å². The predicted molar refractivity (Wildman–Crippen MR) is 112 cm³/mol. The Labute approximate surface area is 166 Å². The van der Waals surface area contributed by atoms with Crippen LogP contribution in [0.2, 0.25) is 0 Å². The Morgan fingerprint density at radius 1 is 0.741 bits per heavy atom. The average molecular weight is 379 g/mol. The van der Waals surface area contributed by atoms with E-state index in [-0.39, 0.29) is 5.57 Å². The van der Waals surface area contributed by atoms with E-state index in [2.05, 4.69) is 44.7 Å². The van der Waals surface area contributed by atoms with Gasteiger partial charge in [-0.3, -0.25) is 0 Å². The lowest BCUT2D eigenvalue weighted by Crippen LogP contribution is -2.44. The van der Waals surface area contributed by atoms with Gasteiger partial charge in [0.15, 0.2) is 0 Å². The summed E-state index contributed by atoms with van der Waals surface area (Å²) in [4.78, 5) is 22.3. The van der Waals surface area contributed by atoms with Crippen molar-refractivity contribution >= 4 is 11.9 Å². The Morgan fingerprint density at radius 3 is 1.33 bits per heavy atom. The fourth-order valence-electron chi connectivity index (χ4n) is 2.32. The summed E-state index contributed by atoms with van der Waals surface area (Å²) in [5.74, 6) is -2.24. The Balaban J connectivity index is 0. The molecule has 0 radical (unpaired) electrons. The Bertz CT molecular complexity index is 509. The van der Waals surface area contributed by atoms with E-state index in [1.807, 2.05) is 41.5 Å². The maximum Gasteiger partial charge on any atom is 0.348 e. The van der Waals surface area contributed by atoms with Crippen molar-refractivity contribution in [2.75, 3.05) is 0 Å². The van der Waals surface area contributed by atoms with Crippen LogP contribution in [-0.2, 0) is 19.1 Å². The number of hydrogen-bond donors (Lipinski definition) is 0. The number of carbonyl (C=O) groups excluding carboxylic acids is 2. The first-order valence-electron chi connectivity index (χ1n) is 10.1. The SMILES string of the molecule is C=C1C(=O)OC2(CCCC2)OC1=O.CC.CC.CC.Cc1ccc(C)cc1. The van der Waals surface area contributed by atoms with Gasteiger partial charge in [0.1, 0.15) is 5.57 Å². The molecule has 1 spiro atoms. The van der Waals surface area contributed by atoms with Gasteiger partial charge in [0.05, 0.1) is 0 Å². The maximum absolute atomic E-state index is 11.1. The van der Waals surface area contributed by atoms with Gasteiger partial charge in [0, 0.05) is 12.8 Å². The number of esters is 2. The standard InChI is InChI=1S/C9H10O4.C8H10.3C2H6/c1-6-7(10)12-9(13-8(6)11)4-2-3-5-9;1-7-3-5-8(2)6-4-7;3*1-2/h1-5H2;3-6H,1-2H3;3*1-2H3. The van der Waals surface area contributed by atoms with Crippen molar-refractivity contribution in [3.8, 4) is 0 Å². The third-order valence-corrected chi connectivity index (χ3v) is 3.63. The molecule has 0 unspecified atom stereocenters. The van der Waals surface area contributed by atoms with Gasteiger partial charge >= 0.3 is 11.9 Å². The van der Waals surface area contributed by atoms with Crippen molar-refractivity contribution in [3.05, 3.63) is 47.5 Å². The molecule has 154 valence electrons. The highest BCUT2D eigenvalue weighted by Gasteiger charge is 2.47. The van der Waals surface area contributed by atoms with E-state index < -0.39 is 17.7 Å². The van der Waals surface area contributed by atoms with Crippen molar-refractivity contribution in [1.82, 2.24) is 0 Å². The highest BCUT2D eigenvalue weighted by atomic mass is 16.7. The Morgan fingerprint density at radius 2 is 1.04 bits per heavy atom. The van der Waals surface area contributed by atoms with Gasteiger partial charge in [-0.2, -0.15) is 0 Å². The van der Waals surface area contributed by atoms with Gasteiger partial charge in [-0.1, -0.05) is 83.5 Å². The molecule has 3 rings (SSSR count). The molecule has 1 saturated heterocycles. The zero-order valence-corrected chi connectivity index (χ0v) is 18.5. The molecule has 1 aromatic carbocycles. The monoisotopic (exact) mass is 378 g/mol. The molecule has 2 aliphatic rings. The van der Waals surface area contributed by atoms with Crippen molar-refractivity contribution in [2.45, 2.75) is 86.9 Å². The molecule has 0 amide bonds. The topological polar surface area (TPSA) is 52.6 Å². The first-order chi connectivity index (χ1) is 12.9. The Kier molecular flexibility index (Phi) is 15.1. The van der Waals surface area contributed by atoms with Gasteiger partial charge in [0.25, 0.3) is 5.79 Å². The molecule has 2 fully saturated rings. The normalized spacial score (nSPS) is 15.9. The highest BCUT2D eigenvalue weighted by Crippen LogP contribution is 2.37. The second-order valence-corrected chi connectivity index (χ2v) is 5.53. The summed E-state index contributed by atoms with van der Waals surface area (Å²) in [6.07, 6.45) is 3.07. The zero-order chi connectivity index (χ0) is 21.5. The van der Waals surface area contributed by atoms with Gasteiger partial charge in [-0.15, -0.1) is 0 Å². The summed E-state index contributed by atoms with van der Waals surface area (Å²) in [7, 11) is 0. The van der Waals surface area contributed by atoms with E-state index in [0.29, 0.717) is 12.8 Å². The van der Waals surface area contributed by atoms with Gasteiger partial charge in [0.2, 0.25) is 0 Å². The van der Waals surface area contributed by atoms with Crippen LogP contribution in [0.4, 0.5) is 0 Å². The molecule has 0 bridgehead atoms. The highest BCUT2D eigenvalue weighted by molar-refractivity contribution is 6.14. The number of ether oxygens (including phenoxy) is 2. The molecular formula is C23H38O4. The number of carbonyl (C=O) groups is 2. The zero-order valence-electron chi connectivity index (χ0n) is 18.5. The van der Waals surface area contributed by atoms with E-state index in [1.54, 1.807) is 0 Å². The quantitative estimate of drug-likeness (QED) is 0.302. The molecule has 1 saturated carbocycles. The molecule has 0 atom stereocenters. The van der Waals surface area contributed by atoms with Crippen LogP contribution in [0, 0.1) is 13.8 Å². The molecule has 1 aliphatic carbocycles. The predicted octanol–water partition coefficient (Wildman–Crippen LogP) is 6.29. The molecule has 0 N–H and O–H groups in total. The van der Waals surface area contributed by atoms with Crippen LogP contribution < -0.4 is 0 Å². The minimum atomic E-state index is -0.963. The second-order valence-electron chi connectivity index (χ2n) is 5.53. The fraction of sp³-hybridized carbons (Fsp3) is 0.565. The van der Waals surface area contributed by atoms with Crippen molar-refractivity contribution in [1.29, 1.82) is 0 Å². The molecular weight excluding hydrogens is 340 g/mol. The lowest BCUT2D eigenvalue weighted by molar-refractivity contribution is -0.232. The molecule has 1 aliphatic heterocycles. The van der Waals surface area contributed by atoms with Crippen molar-refractivity contribution < 1.29 is 19.1 Å². The largest absolute Gasteiger partial charge is 0.419 e. The lowest BCUT2D eigenvalue weighted by Gasteiger charge is -2.32. The molecule has 27 heavy (non-hydrogen) atoms. The molecule has 0 aromatic heterocycles. The molecule has 4 heteroatoms. The van der Waals surface area contributed by atoms with Gasteiger partial charge in [-0.25, -0.2) is 9.59 Å². The van der Waals surface area contributed by atoms with E-state index in [1.165, 1.54) is 11.1 Å². The van der Waals surface area contributed by atoms with Crippen molar-refractivity contribution in [2.24, 2.45) is 0 Å². The van der Waals surface area contributed by atoms with Crippen LogP contribution in [0.1, 0.15) is 78.4 Å². The minimum absolute atomic E-state index is 0.211. The summed E-state index contributed by atoms with van der Waals surface area (Å²) < 4.78 is 10.1. The van der Waals surface area contributed by atoms with Crippen LogP contribution in [0.15, 0.2) is 36.4 Å². The first-order valence-corrected chi connectivity index (χ1v) is 10.1. The summed E-state index contributed by atoms with van der Waals surface area (Å²) in [6, 6.07) is 8.48. The number of rotatable bonds is 0. The summed E-state index contributed by atoms with van der Waals surface area (Å²) in [5, 5.41) is 0. The first kappa shape index (κ1) is 27.1. The number of hydrogen-bond acceptors (Lipinski definition) is 4. The van der Waals surface area contributed by atoms with Crippen LogP contribution in [-0.4, -0.2) is 17.7 Å². The maximum atomic E-state index is 11.1. The van der Waals surface area contributed by atoms with E-state index in [9.17, 15) is 9.59 Å².